The lowest BCUT2D eigenvalue weighted by molar-refractivity contribution is -0.150. The molecule has 0 radical (unpaired) electrons. The second-order valence-corrected chi connectivity index (χ2v) is 7.43. The van der Waals surface area contributed by atoms with Crippen molar-refractivity contribution < 1.29 is 14.3 Å². The number of nitrogens with zero attached hydrogens (tertiary/aromatic N) is 3. The van der Waals surface area contributed by atoms with Crippen molar-refractivity contribution in [2.45, 2.75) is 18.1 Å². The van der Waals surface area contributed by atoms with Gasteiger partial charge in [-0.3, -0.25) is 14.6 Å². The van der Waals surface area contributed by atoms with Crippen LogP contribution in [0.3, 0.4) is 0 Å². The van der Waals surface area contributed by atoms with Crippen LogP contribution in [0.2, 0.25) is 10.0 Å². The van der Waals surface area contributed by atoms with Crippen molar-refractivity contribution in [3.8, 4) is 0 Å². The van der Waals surface area contributed by atoms with E-state index in [0.717, 1.165) is 11.0 Å². The number of fused-ring (bicyclic) bond motifs is 1. The first-order valence-electron chi connectivity index (χ1n) is 8.08. The first-order valence-corrected chi connectivity index (χ1v) is 9.82. The number of ether oxygens (including phenoxy) is 1. The Hall–Kier alpha value is -2.42. The third kappa shape index (κ3) is 5.31. The minimum Gasteiger partial charge on any atom is -0.452 e. The maximum absolute atomic E-state index is 12.2. The number of aromatic nitrogens is 3. The molecule has 0 saturated heterocycles. The van der Waals surface area contributed by atoms with Crippen LogP contribution in [0, 0.1) is 0 Å². The number of hydrogen-bond donors (Lipinski definition) is 1. The van der Waals surface area contributed by atoms with Crippen LogP contribution in [0.4, 0.5) is 5.82 Å². The van der Waals surface area contributed by atoms with Crippen LogP contribution in [-0.2, 0) is 14.3 Å². The molecule has 3 rings (SSSR count). The van der Waals surface area contributed by atoms with Crippen molar-refractivity contribution >= 4 is 63.7 Å². The molecule has 3 aromatic rings. The Morgan fingerprint density at radius 3 is 2.68 bits per heavy atom. The van der Waals surface area contributed by atoms with Gasteiger partial charge in [-0.15, -0.1) is 0 Å². The van der Waals surface area contributed by atoms with E-state index >= 15 is 0 Å². The predicted octanol–water partition coefficient (Wildman–Crippen LogP) is 3.99. The van der Waals surface area contributed by atoms with E-state index in [1.54, 1.807) is 6.20 Å². The molecule has 0 fully saturated rings. The van der Waals surface area contributed by atoms with E-state index < -0.39 is 18.0 Å². The van der Waals surface area contributed by atoms with Crippen molar-refractivity contribution in [1.82, 2.24) is 15.0 Å². The lowest BCUT2D eigenvalue weighted by Crippen LogP contribution is -2.31. The number of benzene rings is 1. The number of thioether (sulfide) groups is 1. The SMILES string of the molecule is C[C@@H](OC(=O)CSc1cnc2ccccc2n1)C(=O)Nc1ncc(Cl)cc1Cl. The normalized spacial score (nSPS) is 11.8. The Morgan fingerprint density at radius 2 is 1.93 bits per heavy atom. The molecule has 7 nitrogen and oxygen atoms in total. The van der Waals surface area contributed by atoms with E-state index in [2.05, 4.69) is 20.3 Å². The van der Waals surface area contributed by atoms with Gasteiger partial charge in [-0.1, -0.05) is 47.1 Å². The van der Waals surface area contributed by atoms with Crippen LogP contribution < -0.4 is 5.32 Å². The third-order valence-corrected chi connectivity index (χ3v) is 4.86. The molecule has 144 valence electrons. The molecule has 0 aliphatic carbocycles. The molecule has 0 spiro atoms. The smallest absolute Gasteiger partial charge is 0.317 e. The molecular weight excluding hydrogens is 423 g/mol. The Morgan fingerprint density at radius 1 is 1.18 bits per heavy atom. The topological polar surface area (TPSA) is 94.1 Å². The highest BCUT2D eigenvalue weighted by Gasteiger charge is 2.19. The minimum absolute atomic E-state index is 0.00933. The molecular formula is C18H14Cl2N4O3S. The fourth-order valence-electron chi connectivity index (χ4n) is 2.15. The first-order chi connectivity index (χ1) is 13.4. The van der Waals surface area contributed by atoms with Gasteiger partial charge in [0.15, 0.2) is 11.9 Å². The molecule has 10 heteroatoms. The molecule has 0 unspecified atom stereocenters. The summed E-state index contributed by atoms with van der Waals surface area (Å²) in [6.07, 6.45) is 1.91. The largest absolute Gasteiger partial charge is 0.452 e. The van der Waals surface area contributed by atoms with Gasteiger partial charge in [0.05, 0.1) is 33.0 Å². The molecule has 1 atom stereocenters. The molecule has 0 aliphatic rings. The van der Waals surface area contributed by atoms with Gasteiger partial charge in [0.1, 0.15) is 5.03 Å². The number of hydrogen-bond acceptors (Lipinski definition) is 7. The van der Waals surface area contributed by atoms with E-state index in [0.29, 0.717) is 10.0 Å². The summed E-state index contributed by atoms with van der Waals surface area (Å²) >= 11 is 12.9. The number of carbonyl (C=O) groups excluding carboxylic acids is 2. The van der Waals surface area contributed by atoms with Crippen LogP contribution in [0.1, 0.15) is 6.92 Å². The quantitative estimate of drug-likeness (QED) is 0.460. The molecule has 1 aromatic carbocycles. The summed E-state index contributed by atoms with van der Waals surface area (Å²) in [5.41, 5.74) is 1.51. The molecule has 1 amide bonds. The summed E-state index contributed by atoms with van der Waals surface area (Å²) in [6, 6.07) is 8.88. The highest BCUT2D eigenvalue weighted by Crippen LogP contribution is 2.23. The molecule has 0 bridgehead atoms. The second-order valence-electron chi connectivity index (χ2n) is 5.59. The lowest BCUT2D eigenvalue weighted by atomic mass is 10.3. The number of para-hydroxylation sites is 2. The second kappa shape index (κ2) is 9.18. The van der Waals surface area contributed by atoms with E-state index in [9.17, 15) is 9.59 Å². The first kappa shape index (κ1) is 20.3. The van der Waals surface area contributed by atoms with E-state index in [1.165, 1.54) is 30.9 Å². The number of pyridine rings is 1. The predicted molar refractivity (Wildman–Crippen MR) is 109 cm³/mol. The number of esters is 1. The summed E-state index contributed by atoms with van der Waals surface area (Å²) in [4.78, 5) is 36.8. The zero-order valence-electron chi connectivity index (χ0n) is 14.6. The maximum atomic E-state index is 12.2. The van der Waals surface area contributed by atoms with Gasteiger partial charge in [0.2, 0.25) is 0 Å². The molecule has 1 N–H and O–H groups in total. The zero-order valence-corrected chi connectivity index (χ0v) is 16.9. The fraction of sp³-hybridized carbons (Fsp3) is 0.167. The third-order valence-electron chi connectivity index (χ3n) is 3.49. The van der Waals surface area contributed by atoms with Crippen LogP contribution >= 0.6 is 35.0 Å². The van der Waals surface area contributed by atoms with E-state index in [1.807, 2.05) is 24.3 Å². The molecule has 0 aliphatic heterocycles. The summed E-state index contributed by atoms with van der Waals surface area (Å²) in [7, 11) is 0. The van der Waals surface area contributed by atoms with Crippen molar-refractivity contribution in [1.29, 1.82) is 0 Å². The summed E-state index contributed by atoms with van der Waals surface area (Å²) < 4.78 is 5.14. The molecule has 2 aromatic heterocycles. The molecule has 28 heavy (non-hydrogen) atoms. The van der Waals surface area contributed by atoms with Crippen LogP contribution in [0.25, 0.3) is 11.0 Å². The van der Waals surface area contributed by atoms with Gasteiger partial charge >= 0.3 is 5.97 Å². The summed E-state index contributed by atoms with van der Waals surface area (Å²) in [6.45, 7) is 1.46. The molecule has 0 saturated carbocycles. The standard InChI is InChI=1S/C18H14Cl2N4O3S/c1-10(18(26)24-17-12(20)6-11(19)7-22-17)27-16(25)9-28-15-8-21-13-4-2-3-5-14(13)23-15/h2-8,10H,9H2,1H3,(H,22,24,26)/t10-/m1/s1. The van der Waals surface area contributed by atoms with E-state index in [4.69, 9.17) is 27.9 Å². The number of anilines is 1. The number of carbonyl (C=O) groups is 2. The minimum atomic E-state index is -1.02. The average molecular weight is 437 g/mol. The van der Waals surface area contributed by atoms with E-state index in [-0.39, 0.29) is 16.6 Å². The van der Waals surface area contributed by atoms with Crippen LogP contribution in [0.15, 0.2) is 47.8 Å². The number of rotatable bonds is 6. The van der Waals surface area contributed by atoms with Gasteiger partial charge in [-0.25, -0.2) is 9.97 Å². The van der Waals surface area contributed by atoms with Gasteiger partial charge in [-0.2, -0.15) is 0 Å². The van der Waals surface area contributed by atoms with Crippen molar-refractivity contribution in [3.05, 3.63) is 52.8 Å². The maximum Gasteiger partial charge on any atom is 0.317 e. The van der Waals surface area contributed by atoms with Gasteiger partial charge in [-0.05, 0) is 25.1 Å². The number of amides is 1. The average Bonchev–Trinajstić information content (AvgIpc) is 2.68. The monoisotopic (exact) mass is 436 g/mol. The number of halogens is 2. The van der Waals surface area contributed by atoms with Crippen molar-refractivity contribution in [2.75, 3.05) is 11.1 Å². The van der Waals surface area contributed by atoms with Crippen molar-refractivity contribution in [3.63, 3.8) is 0 Å². The number of nitrogens with one attached hydrogen (secondary N) is 1. The highest BCUT2D eigenvalue weighted by molar-refractivity contribution is 7.99. The summed E-state index contributed by atoms with van der Waals surface area (Å²) in [5, 5.41) is 3.61. The Bertz CT molecular complexity index is 1030. The Kier molecular flexibility index (Phi) is 6.66. The lowest BCUT2D eigenvalue weighted by Gasteiger charge is -2.13. The van der Waals surface area contributed by atoms with Crippen LogP contribution in [-0.4, -0.2) is 38.7 Å². The Labute approximate surface area is 174 Å². The van der Waals surface area contributed by atoms with Crippen molar-refractivity contribution in [2.24, 2.45) is 0 Å². The fourth-order valence-corrected chi connectivity index (χ4v) is 3.20. The molecule has 2 heterocycles. The van der Waals surface area contributed by atoms with Gasteiger partial charge in [0.25, 0.3) is 5.91 Å². The zero-order chi connectivity index (χ0) is 20.1. The van der Waals surface area contributed by atoms with Crippen LogP contribution in [0.5, 0.6) is 0 Å². The summed E-state index contributed by atoms with van der Waals surface area (Å²) in [5.74, 6) is -0.983. The van der Waals surface area contributed by atoms with Gasteiger partial charge in [0, 0.05) is 6.20 Å². The van der Waals surface area contributed by atoms with Gasteiger partial charge < -0.3 is 10.1 Å². The Balaban J connectivity index is 1.52. The highest BCUT2D eigenvalue weighted by atomic mass is 35.5.